The van der Waals surface area contributed by atoms with Gasteiger partial charge in [0.25, 0.3) is 0 Å². The number of ketones is 1. The number of hydrogen-bond donors (Lipinski definition) is 1. The molecular weight excluding hydrogens is 300 g/mol. The number of para-hydroxylation sites is 1. The molecule has 4 rings (SSSR count). The Morgan fingerprint density at radius 3 is 2.54 bits per heavy atom. The summed E-state index contributed by atoms with van der Waals surface area (Å²) < 4.78 is 0. The fourth-order valence-corrected chi connectivity index (χ4v) is 3.69. The second kappa shape index (κ2) is 4.77. The van der Waals surface area contributed by atoms with Crippen molar-refractivity contribution in [3.63, 3.8) is 0 Å². The van der Waals surface area contributed by atoms with Crippen LogP contribution in [0.3, 0.4) is 0 Å². The molecule has 122 valence electrons. The Kier molecular flexibility index (Phi) is 3.00. The number of amidine groups is 1. The number of nitrogens with zero attached hydrogens (tertiary/aromatic N) is 2. The first kappa shape index (κ1) is 15.1. The second-order valence-corrected chi connectivity index (χ2v) is 7.30. The molecule has 4 nitrogen and oxygen atoms in total. The first-order valence-electron chi connectivity index (χ1n) is 8.14. The Morgan fingerprint density at radius 2 is 1.83 bits per heavy atom. The van der Waals surface area contributed by atoms with Gasteiger partial charge in [0, 0.05) is 23.2 Å². The number of carbonyl (C=O) groups excluding carboxylic acids is 1. The van der Waals surface area contributed by atoms with E-state index in [9.17, 15) is 9.90 Å². The lowest BCUT2D eigenvalue weighted by Crippen LogP contribution is -2.55. The van der Waals surface area contributed by atoms with E-state index in [1.165, 1.54) is 0 Å². The zero-order valence-electron chi connectivity index (χ0n) is 14.1. The maximum Gasteiger partial charge on any atom is 0.204 e. The van der Waals surface area contributed by atoms with Gasteiger partial charge in [-0.05, 0) is 31.2 Å². The Hall–Kier alpha value is -2.46. The van der Waals surface area contributed by atoms with E-state index in [4.69, 9.17) is 4.99 Å². The Morgan fingerprint density at radius 1 is 1.12 bits per heavy atom. The standard InChI is InChI=1S/C20H20N2O2/c1-13-9-10-16-15(11-13)17(23)20(24)18(21-16)22(12-19(20,2)3)14-7-5-4-6-8-14/h4-11,24H,12H2,1-3H3. The van der Waals surface area contributed by atoms with Crippen LogP contribution < -0.4 is 4.90 Å². The average Bonchev–Trinajstić information content (AvgIpc) is 2.78. The predicted molar refractivity (Wildman–Crippen MR) is 95.1 cm³/mol. The van der Waals surface area contributed by atoms with Gasteiger partial charge in [0.1, 0.15) is 0 Å². The van der Waals surface area contributed by atoms with Gasteiger partial charge in [0.05, 0.1) is 5.69 Å². The molecule has 0 aromatic heterocycles. The molecule has 1 saturated heterocycles. The number of aliphatic imine (C=N–C) groups is 1. The summed E-state index contributed by atoms with van der Waals surface area (Å²) in [6.07, 6.45) is 0. The molecule has 0 bridgehead atoms. The Balaban J connectivity index is 1.96. The number of carbonyl (C=O) groups is 1. The van der Waals surface area contributed by atoms with Gasteiger partial charge in [0.15, 0.2) is 11.4 Å². The molecule has 0 saturated carbocycles. The van der Waals surface area contributed by atoms with E-state index in [1.807, 2.05) is 74.2 Å². The third-order valence-corrected chi connectivity index (χ3v) is 5.13. The van der Waals surface area contributed by atoms with Gasteiger partial charge in [-0.3, -0.25) is 4.79 Å². The highest BCUT2D eigenvalue weighted by Crippen LogP contribution is 2.48. The summed E-state index contributed by atoms with van der Waals surface area (Å²) in [4.78, 5) is 19.9. The molecule has 2 aliphatic rings. The average molecular weight is 320 g/mol. The van der Waals surface area contributed by atoms with Crippen molar-refractivity contribution in [1.82, 2.24) is 0 Å². The molecular formula is C20H20N2O2. The van der Waals surface area contributed by atoms with Crippen molar-refractivity contribution >= 4 is 23.0 Å². The smallest absolute Gasteiger partial charge is 0.204 e. The number of rotatable bonds is 1. The number of benzene rings is 2. The molecule has 0 radical (unpaired) electrons. The molecule has 1 N–H and O–H groups in total. The van der Waals surface area contributed by atoms with Crippen molar-refractivity contribution in [1.29, 1.82) is 0 Å². The molecule has 2 aliphatic heterocycles. The third-order valence-electron chi connectivity index (χ3n) is 5.13. The first-order valence-corrected chi connectivity index (χ1v) is 8.14. The number of aryl methyl sites for hydroxylation is 1. The van der Waals surface area contributed by atoms with Crippen molar-refractivity contribution in [2.24, 2.45) is 10.4 Å². The van der Waals surface area contributed by atoms with Gasteiger partial charge in [-0.25, -0.2) is 4.99 Å². The second-order valence-electron chi connectivity index (χ2n) is 7.30. The van der Waals surface area contributed by atoms with E-state index in [1.54, 1.807) is 0 Å². The summed E-state index contributed by atoms with van der Waals surface area (Å²) in [5, 5.41) is 11.5. The number of hydrogen-bond acceptors (Lipinski definition) is 4. The molecule has 1 fully saturated rings. The molecule has 0 amide bonds. The maximum absolute atomic E-state index is 13.2. The van der Waals surface area contributed by atoms with Gasteiger partial charge in [-0.15, -0.1) is 0 Å². The van der Waals surface area contributed by atoms with Crippen LogP contribution in [0.15, 0.2) is 53.5 Å². The van der Waals surface area contributed by atoms with Crippen LogP contribution in [0, 0.1) is 12.3 Å². The van der Waals surface area contributed by atoms with Crippen molar-refractivity contribution in [3.8, 4) is 0 Å². The molecule has 0 aliphatic carbocycles. The highest BCUT2D eigenvalue weighted by molar-refractivity contribution is 6.29. The normalized spacial score (nSPS) is 24.4. The van der Waals surface area contributed by atoms with Gasteiger partial charge in [0.2, 0.25) is 5.78 Å². The van der Waals surface area contributed by atoms with Crippen LogP contribution >= 0.6 is 0 Å². The number of aliphatic hydroxyl groups is 1. The Bertz CT molecular complexity index is 870. The van der Waals surface area contributed by atoms with E-state index in [0.29, 0.717) is 23.6 Å². The number of fused-ring (bicyclic) bond motifs is 2. The van der Waals surface area contributed by atoms with E-state index < -0.39 is 11.0 Å². The zero-order chi connectivity index (χ0) is 17.1. The van der Waals surface area contributed by atoms with Crippen LogP contribution in [0.5, 0.6) is 0 Å². The summed E-state index contributed by atoms with van der Waals surface area (Å²) in [7, 11) is 0. The van der Waals surface area contributed by atoms with Crippen molar-refractivity contribution in [2.45, 2.75) is 26.4 Å². The van der Waals surface area contributed by atoms with Crippen molar-refractivity contribution < 1.29 is 9.90 Å². The molecule has 1 atom stereocenters. The number of anilines is 1. The van der Waals surface area contributed by atoms with Crippen molar-refractivity contribution in [2.75, 3.05) is 11.4 Å². The summed E-state index contributed by atoms with van der Waals surface area (Å²) in [5.74, 6) is 0.176. The van der Waals surface area contributed by atoms with Gasteiger partial charge < -0.3 is 10.0 Å². The molecule has 0 spiro atoms. The highest BCUT2D eigenvalue weighted by Gasteiger charge is 2.63. The minimum Gasteiger partial charge on any atom is -0.374 e. The lowest BCUT2D eigenvalue weighted by atomic mass is 9.71. The van der Waals surface area contributed by atoms with E-state index in [-0.39, 0.29) is 5.78 Å². The monoisotopic (exact) mass is 320 g/mol. The minimum atomic E-state index is -1.61. The number of Topliss-reactive ketones (excluding diaryl/α,β-unsaturated/α-hetero) is 1. The molecule has 2 heterocycles. The fraction of sp³-hybridized carbons (Fsp3) is 0.300. The largest absolute Gasteiger partial charge is 0.374 e. The topological polar surface area (TPSA) is 52.9 Å². The van der Waals surface area contributed by atoms with Crippen molar-refractivity contribution in [3.05, 3.63) is 59.7 Å². The molecule has 4 heteroatoms. The molecule has 2 aromatic rings. The zero-order valence-corrected chi connectivity index (χ0v) is 14.1. The summed E-state index contributed by atoms with van der Waals surface area (Å²) in [6.45, 7) is 6.31. The molecule has 1 unspecified atom stereocenters. The highest BCUT2D eigenvalue weighted by atomic mass is 16.3. The van der Waals surface area contributed by atoms with Crippen LogP contribution in [0.25, 0.3) is 0 Å². The quantitative estimate of drug-likeness (QED) is 0.875. The lowest BCUT2D eigenvalue weighted by Gasteiger charge is -2.36. The lowest BCUT2D eigenvalue weighted by molar-refractivity contribution is 0.0181. The van der Waals surface area contributed by atoms with Crippen LogP contribution in [0.2, 0.25) is 0 Å². The van der Waals surface area contributed by atoms with E-state index >= 15 is 0 Å². The fourth-order valence-electron chi connectivity index (χ4n) is 3.69. The van der Waals surface area contributed by atoms with E-state index in [0.717, 1.165) is 11.3 Å². The summed E-state index contributed by atoms with van der Waals surface area (Å²) in [6, 6.07) is 15.4. The van der Waals surface area contributed by atoms with Crippen LogP contribution in [-0.4, -0.2) is 28.9 Å². The van der Waals surface area contributed by atoms with Crippen LogP contribution in [0.4, 0.5) is 11.4 Å². The summed E-state index contributed by atoms with van der Waals surface area (Å²) in [5.41, 5.74) is 0.806. The van der Waals surface area contributed by atoms with Gasteiger partial charge in [-0.2, -0.15) is 0 Å². The summed E-state index contributed by atoms with van der Waals surface area (Å²) >= 11 is 0. The SMILES string of the molecule is Cc1ccc2c(c1)C(=O)C1(O)C(=N2)N(c2ccccc2)CC1(C)C. The maximum atomic E-state index is 13.2. The minimum absolute atomic E-state index is 0.255. The molecule has 24 heavy (non-hydrogen) atoms. The van der Waals surface area contributed by atoms with E-state index in [2.05, 4.69) is 0 Å². The van der Waals surface area contributed by atoms with Crippen LogP contribution in [0.1, 0.15) is 29.8 Å². The van der Waals surface area contributed by atoms with Gasteiger partial charge in [-0.1, -0.05) is 43.7 Å². The third kappa shape index (κ3) is 1.83. The van der Waals surface area contributed by atoms with Crippen LogP contribution in [-0.2, 0) is 0 Å². The predicted octanol–water partition coefficient (Wildman–Crippen LogP) is 3.50. The molecule has 2 aromatic carbocycles. The first-order chi connectivity index (χ1) is 11.3. The van der Waals surface area contributed by atoms with Gasteiger partial charge >= 0.3 is 0 Å². The Labute approximate surface area is 141 Å².